The van der Waals surface area contributed by atoms with Crippen molar-refractivity contribution in [2.75, 3.05) is 6.54 Å². The SMILES string of the molecule is CC(C)n1c(CCN)nc2ccc(Cl)cc21. The highest BCUT2D eigenvalue weighted by molar-refractivity contribution is 6.31. The molecule has 1 aromatic carbocycles. The molecule has 86 valence electrons. The van der Waals surface area contributed by atoms with Crippen LogP contribution in [-0.4, -0.2) is 16.1 Å². The van der Waals surface area contributed by atoms with Crippen LogP contribution in [0.1, 0.15) is 25.7 Å². The highest BCUT2D eigenvalue weighted by Crippen LogP contribution is 2.24. The first kappa shape index (κ1) is 11.4. The van der Waals surface area contributed by atoms with E-state index in [9.17, 15) is 0 Å². The minimum absolute atomic E-state index is 0.366. The monoisotopic (exact) mass is 237 g/mol. The molecule has 0 aliphatic rings. The zero-order valence-corrected chi connectivity index (χ0v) is 10.3. The van der Waals surface area contributed by atoms with E-state index in [0.29, 0.717) is 12.6 Å². The number of hydrogen-bond acceptors (Lipinski definition) is 2. The summed E-state index contributed by atoms with van der Waals surface area (Å²) in [6.07, 6.45) is 0.796. The van der Waals surface area contributed by atoms with Gasteiger partial charge in [0.1, 0.15) is 5.82 Å². The van der Waals surface area contributed by atoms with E-state index in [-0.39, 0.29) is 0 Å². The molecule has 2 rings (SSSR count). The second kappa shape index (κ2) is 4.44. The summed E-state index contributed by atoms with van der Waals surface area (Å²) in [5, 5.41) is 0.744. The maximum absolute atomic E-state index is 6.02. The maximum Gasteiger partial charge on any atom is 0.111 e. The van der Waals surface area contributed by atoms with Crippen LogP contribution in [0.15, 0.2) is 18.2 Å². The third-order valence-electron chi connectivity index (χ3n) is 2.61. The van der Waals surface area contributed by atoms with Gasteiger partial charge in [0.2, 0.25) is 0 Å². The Labute approximate surface area is 100 Å². The van der Waals surface area contributed by atoms with Gasteiger partial charge in [0.05, 0.1) is 11.0 Å². The number of benzene rings is 1. The van der Waals surface area contributed by atoms with E-state index < -0.39 is 0 Å². The van der Waals surface area contributed by atoms with Gasteiger partial charge in [-0.3, -0.25) is 0 Å². The lowest BCUT2D eigenvalue weighted by Gasteiger charge is -2.12. The Bertz CT molecular complexity index is 502. The fourth-order valence-electron chi connectivity index (χ4n) is 2.00. The van der Waals surface area contributed by atoms with Crippen LogP contribution < -0.4 is 5.73 Å². The van der Waals surface area contributed by atoms with Crippen LogP contribution in [0.3, 0.4) is 0 Å². The first-order valence-corrected chi connectivity index (χ1v) is 5.87. The number of rotatable bonds is 3. The molecule has 1 heterocycles. The molecule has 0 radical (unpaired) electrons. The number of imidazole rings is 1. The minimum atomic E-state index is 0.366. The van der Waals surface area contributed by atoms with E-state index in [1.165, 1.54) is 0 Å². The number of halogens is 1. The lowest BCUT2D eigenvalue weighted by atomic mass is 10.3. The van der Waals surface area contributed by atoms with Gasteiger partial charge in [-0.15, -0.1) is 0 Å². The molecular formula is C12H16ClN3. The molecule has 0 amide bonds. The van der Waals surface area contributed by atoms with Crippen molar-refractivity contribution in [1.29, 1.82) is 0 Å². The maximum atomic E-state index is 6.02. The second-order valence-corrected chi connectivity index (χ2v) is 4.60. The van der Waals surface area contributed by atoms with Crippen LogP contribution in [0.25, 0.3) is 11.0 Å². The third kappa shape index (κ3) is 1.93. The average Bonchev–Trinajstić information content (AvgIpc) is 2.55. The molecule has 0 bridgehead atoms. The lowest BCUT2D eigenvalue weighted by molar-refractivity contribution is 0.584. The van der Waals surface area contributed by atoms with Crippen molar-refractivity contribution in [2.45, 2.75) is 26.3 Å². The van der Waals surface area contributed by atoms with Crippen LogP contribution in [0.5, 0.6) is 0 Å². The number of nitrogens with zero attached hydrogens (tertiary/aromatic N) is 2. The van der Waals surface area contributed by atoms with Gasteiger partial charge in [-0.2, -0.15) is 0 Å². The molecule has 0 atom stereocenters. The van der Waals surface area contributed by atoms with E-state index in [1.54, 1.807) is 0 Å². The van der Waals surface area contributed by atoms with Crippen LogP contribution in [0.4, 0.5) is 0 Å². The molecule has 0 spiro atoms. The zero-order valence-electron chi connectivity index (χ0n) is 9.57. The average molecular weight is 238 g/mol. The Kier molecular flexibility index (Phi) is 3.17. The van der Waals surface area contributed by atoms with Gasteiger partial charge in [-0.05, 0) is 38.6 Å². The van der Waals surface area contributed by atoms with Crippen molar-refractivity contribution in [2.24, 2.45) is 5.73 Å². The van der Waals surface area contributed by atoms with Crippen molar-refractivity contribution in [3.63, 3.8) is 0 Å². The van der Waals surface area contributed by atoms with Crippen molar-refractivity contribution >= 4 is 22.6 Å². The molecule has 4 heteroatoms. The highest BCUT2D eigenvalue weighted by atomic mass is 35.5. The van der Waals surface area contributed by atoms with Crippen LogP contribution in [0, 0.1) is 0 Å². The molecule has 16 heavy (non-hydrogen) atoms. The largest absolute Gasteiger partial charge is 0.330 e. The minimum Gasteiger partial charge on any atom is -0.330 e. The summed E-state index contributed by atoms with van der Waals surface area (Å²) in [5.41, 5.74) is 7.68. The molecule has 0 aliphatic carbocycles. The van der Waals surface area contributed by atoms with E-state index >= 15 is 0 Å². The molecular weight excluding hydrogens is 222 g/mol. The molecule has 2 N–H and O–H groups in total. The topological polar surface area (TPSA) is 43.8 Å². The predicted octanol–water partition coefficient (Wildman–Crippen LogP) is 2.77. The van der Waals surface area contributed by atoms with Crippen molar-refractivity contribution in [1.82, 2.24) is 9.55 Å². The highest BCUT2D eigenvalue weighted by Gasteiger charge is 2.12. The summed E-state index contributed by atoms with van der Waals surface area (Å²) in [5.74, 6) is 1.04. The number of fused-ring (bicyclic) bond motifs is 1. The van der Waals surface area contributed by atoms with Crippen molar-refractivity contribution in [3.05, 3.63) is 29.0 Å². The molecule has 2 aromatic rings. The van der Waals surface area contributed by atoms with Gasteiger partial charge >= 0.3 is 0 Å². The van der Waals surface area contributed by atoms with Crippen molar-refractivity contribution < 1.29 is 0 Å². The first-order valence-electron chi connectivity index (χ1n) is 5.50. The lowest BCUT2D eigenvalue weighted by Crippen LogP contribution is -2.11. The Morgan fingerprint density at radius 3 is 2.81 bits per heavy atom. The molecule has 1 aromatic heterocycles. The van der Waals surface area contributed by atoms with Crippen LogP contribution in [-0.2, 0) is 6.42 Å². The molecule has 0 unspecified atom stereocenters. The van der Waals surface area contributed by atoms with E-state index in [0.717, 1.165) is 28.3 Å². The first-order chi connectivity index (χ1) is 7.63. The van der Waals surface area contributed by atoms with Gasteiger partial charge in [0, 0.05) is 17.5 Å². The Morgan fingerprint density at radius 2 is 2.19 bits per heavy atom. The van der Waals surface area contributed by atoms with Gasteiger partial charge in [0.15, 0.2) is 0 Å². The summed E-state index contributed by atoms with van der Waals surface area (Å²) < 4.78 is 2.20. The van der Waals surface area contributed by atoms with E-state index in [1.807, 2.05) is 18.2 Å². The summed E-state index contributed by atoms with van der Waals surface area (Å²) in [7, 11) is 0. The number of hydrogen-bond donors (Lipinski definition) is 1. The Hall–Kier alpha value is -1.06. The molecule has 0 saturated heterocycles. The number of nitrogens with two attached hydrogens (primary N) is 1. The van der Waals surface area contributed by atoms with Crippen LogP contribution in [0.2, 0.25) is 5.02 Å². The second-order valence-electron chi connectivity index (χ2n) is 4.16. The summed E-state index contributed by atoms with van der Waals surface area (Å²) >= 11 is 6.02. The van der Waals surface area contributed by atoms with Crippen LogP contribution >= 0.6 is 11.6 Å². The van der Waals surface area contributed by atoms with E-state index in [2.05, 4.69) is 23.4 Å². The molecule has 0 aliphatic heterocycles. The third-order valence-corrected chi connectivity index (χ3v) is 2.84. The Balaban J connectivity index is 2.67. The normalized spacial score (nSPS) is 11.6. The fraction of sp³-hybridized carbons (Fsp3) is 0.417. The standard InChI is InChI=1S/C12H16ClN3/c1-8(2)16-11-7-9(13)3-4-10(11)15-12(16)5-6-14/h3-4,7-8H,5-6,14H2,1-2H3. The van der Waals surface area contributed by atoms with Crippen molar-refractivity contribution in [3.8, 4) is 0 Å². The molecule has 0 fully saturated rings. The molecule has 3 nitrogen and oxygen atoms in total. The molecule has 0 saturated carbocycles. The zero-order chi connectivity index (χ0) is 11.7. The van der Waals surface area contributed by atoms with Gasteiger partial charge in [-0.1, -0.05) is 11.6 Å². The predicted molar refractivity (Wildman–Crippen MR) is 67.9 cm³/mol. The van der Waals surface area contributed by atoms with E-state index in [4.69, 9.17) is 17.3 Å². The van der Waals surface area contributed by atoms with Gasteiger partial charge in [-0.25, -0.2) is 4.98 Å². The summed E-state index contributed by atoms with van der Waals surface area (Å²) in [4.78, 5) is 4.59. The smallest absolute Gasteiger partial charge is 0.111 e. The quantitative estimate of drug-likeness (QED) is 0.892. The summed E-state index contributed by atoms with van der Waals surface area (Å²) in [6.45, 7) is 4.90. The van der Waals surface area contributed by atoms with Gasteiger partial charge < -0.3 is 10.3 Å². The number of aromatic nitrogens is 2. The Morgan fingerprint density at radius 1 is 1.44 bits per heavy atom. The fourth-order valence-corrected chi connectivity index (χ4v) is 2.16. The van der Waals surface area contributed by atoms with Gasteiger partial charge in [0.25, 0.3) is 0 Å². The summed E-state index contributed by atoms with van der Waals surface area (Å²) in [6, 6.07) is 6.15.